The Morgan fingerprint density at radius 1 is 0.951 bits per heavy atom. The molecule has 2 aliphatic heterocycles. The van der Waals surface area contributed by atoms with E-state index in [2.05, 4.69) is 5.32 Å². The van der Waals surface area contributed by atoms with Crippen molar-refractivity contribution in [1.29, 1.82) is 0 Å². The number of sulfone groups is 2. The Morgan fingerprint density at radius 2 is 1.59 bits per heavy atom. The van der Waals surface area contributed by atoms with E-state index in [9.17, 15) is 21.6 Å². The second kappa shape index (κ2) is 11.4. The van der Waals surface area contributed by atoms with Crippen LogP contribution in [0.4, 0.5) is 0 Å². The Morgan fingerprint density at radius 3 is 2.29 bits per heavy atom. The number of hydrogen-bond donors (Lipinski definition) is 2. The lowest BCUT2D eigenvalue weighted by Crippen LogP contribution is -3.08. The van der Waals surface area contributed by atoms with Crippen molar-refractivity contribution in [2.45, 2.75) is 29.2 Å². The fraction of sp³-hybridized carbons (Fsp3) is 0.233. The second-order valence-corrected chi connectivity index (χ2v) is 14.4. The van der Waals surface area contributed by atoms with E-state index in [1.807, 2.05) is 37.4 Å². The van der Waals surface area contributed by atoms with E-state index in [4.69, 9.17) is 16.3 Å². The van der Waals surface area contributed by atoms with E-state index < -0.39 is 37.3 Å². The molecule has 0 amide bonds. The maximum atomic E-state index is 14.2. The summed E-state index contributed by atoms with van der Waals surface area (Å²) in [4.78, 5) is 14.0. The summed E-state index contributed by atoms with van der Waals surface area (Å²) in [6.45, 7) is 2.97. The minimum Gasteiger partial charge on any atom is -0.456 e. The second-order valence-electron chi connectivity index (χ2n) is 10.2. The number of likely N-dealkylation sites (N-methyl/N-ethyl adjacent to an activating group) is 1. The summed E-state index contributed by atoms with van der Waals surface area (Å²) in [6.07, 6.45) is 0. The number of fused-ring (bicyclic) bond motifs is 1. The molecule has 2 atom stereocenters. The van der Waals surface area contributed by atoms with E-state index in [1.54, 1.807) is 31.2 Å². The van der Waals surface area contributed by atoms with Crippen molar-refractivity contribution in [3.63, 3.8) is 0 Å². The van der Waals surface area contributed by atoms with Crippen molar-refractivity contribution >= 4 is 37.2 Å². The molecule has 5 rings (SSSR count). The van der Waals surface area contributed by atoms with Crippen LogP contribution in [0.5, 0.6) is 0 Å². The first kappa shape index (κ1) is 29.1. The van der Waals surface area contributed by atoms with Gasteiger partial charge in [0.1, 0.15) is 19.7 Å². The summed E-state index contributed by atoms with van der Waals surface area (Å²) in [6, 6.07) is 22.1. The van der Waals surface area contributed by atoms with Gasteiger partial charge in [0, 0.05) is 22.0 Å². The largest absolute Gasteiger partial charge is 0.456 e. The highest BCUT2D eigenvalue weighted by atomic mass is 35.5. The van der Waals surface area contributed by atoms with Crippen molar-refractivity contribution in [3.05, 3.63) is 117 Å². The molecule has 41 heavy (non-hydrogen) atoms. The van der Waals surface area contributed by atoms with Crippen molar-refractivity contribution < 1.29 is 31.3 Å². The molecule has 0 bridgehead atoms. The number of benzene rings is 3. The van der Waals surface area contributed by atoms with Gasteiger partial charge in [0.05, 0.1) is 39.0 Å². The zero-order chi connectivity index (χ0) is 29.4. The first-order valence-corrected chi connectivity index (χ1v) is 16.6. The molecule has 2 unspecified atom stereocenters. The Bertz CT molecular complexity index is 1780. The van der Waals surface area contributed by atoms with Crippen LogP contribution in [-0.2, 0) is 35.8 Å². The van der Waals surface area contributed by atoms with E-state index in [0.29, 0.717) is 17.8 Å². The number of quaternary nitrogens is 1. The summed E-state index contributed by atoms with van der Waals surface area (Å²) in [7, 11) is -6.42. The molecule has 2 heterocycles. The van der Waals surface area contributed by atoms with Crippen LogP contribution >= 0.6 is 11.6 Å². The van der Waals surface area contributed by atoms with Crippen LogP contribution in [0.2, 0.25) is 5.02 Å². The van der Waals surface area contributed by atoms with Crippen LogP contribution in [0.15, 0.2) is 111 Å². The summed E-state index contributed by atoms with van der Waals surface area (Å²) in [5.41, 5.74) is 1.88. The summed E-state index contributed by atoms with van der Waals surface area (Å²) < 4.78 is 60.8. The Hall–Kier alpha value is -3.44. The molecule has 2 N–H and O–H groups in total. The SMILES string of the molecule is CC1=C(C(=O)OCC[NH+](C)Cc2ccccc2)C(c2ccccc2Cl)C2=C(CS(=O)(=O)c3ccccc3S2(=O)=O)N1. The highest BCUT2D eigenvalue weighted by Crippen LogP contribution is 2.47. The molecule has 0 saturated carbocycles. The van der Waals surface area contributed by atoms with Crippen LogP contribution in [0, 0.1) is 0 Å². The average Bonchev–Trinajstić information content (AvgIpc) is 2.99. The van der Waals surface area contributed by atoms with Crippen LogP contribution < -0.4 is 10.2 Å². The van der Waals surface area contributed by atoms with Crippen LogP contribution in [0.25, 0.3) is 0 Å². The number of dihydropyridines is 1. The highest BCUT2D eigenvalue weighted by Gasteiger charge is 2.46. The molecular formula is C30H30ClN2O6S2+. The van der Waals surface area contributed by atoms with Crippen molar-refractivity contribution in [2.75, 3.05) is 26.0 Å². The van der Waals surface area contributed by atoms with Gasteiger partial charge < -0.3 is 15.0 Å². The molecule has 8 nitrogen and oxygen atoms in total. The van der Waals surface area contributed by atoms with Gasteiger partial charge in [-0.25, -0.2) is 21.6 Å². The zero-order valence-corrected chi connectivity index (χ0v) is 24.9. The number of nitrogens with one attached hydrogen (secondary N) is 2. The van der Waals surface area contributed by atoms with E-state index in [-0.39, 0.29) is 37.6 Å². The average molecular weight is 614 g/mol. The maximum Gasteiger partial charge on any atom is 0.336 e. The van der Waals surface area contributed by atoms with Crippen LogP contribution in [0.3, 0.4) is 0 Å². The molecule has 0 saturated heterocycles. The first-order valence-electron chi connectivity index (χ1n) is 13.0. The number of ether oxygens (including phenoxy) is 1. The molecule has 0 spiro atoms. The van der Waals surface area contributed by atoms with E-state index in [1.165, 1.54) is 24.3 Å². The van der Waals surface area contributed by atoms with Gasteiger partial charge in [-0.3, -0.25) is 0 Å². The first-order chi connectivity index (χ1) is 19.5. The fourth-order valence-corrected chi connectivity index (χ4v) is 9.62. The van der Waals surface area contributed by atoms with Gasteiger partial charge >= 0.3 is 5.97 Å². The summed E-state index contributed by atoms with van der Waals surface area (Å²) >= 11 is 6.59. The summed E-state index contributed by atoms with van der Waals surface area (Å²) in [5.74, 6) is -2.45. The number of esters is 1. The fourth-order valence-electron chi connectivity index (χ4n) is 5.32. The molecule has 11 heteroatoms. The lowest BCUT2D eigenvalue weighted by atomic mass is 9.86. The van der Waals surface area contributed by atoms with Gasteiger partial charge in [-0.15, -0.1) is 0 Å². The predicted molar refractivity (Wildman–Crippen MR) is 156 cm³/mol. The molecule has 2 aliphatic rings. The van der Waals surface area contributed by atoms with Crippen molar-refractivity contribution in [1.82, 2.24) is 5.32 Å². The van der Waals surface area contributed by atoms with Gasteiger partial charge in [-0.05, 0) is 30.7 Å². The quantitative estimate of drug-likeness (QED) is 0.394. The minimum absolute atomic E-state index is 0.00721. The molecule has 0 fully saturated rings. The third-order valence-corrected chi connectivity index (χ3v) is 11.4. The predicted octanol–water partition coefficient (Wildman–Crippen LogP) is 3.03. The maximum absolute atomic E-state index is 14.2. The highest BCUT2D eigenvalue weighted by molar-refractivity contribution is 7.97. The Labute approximate surface area is 245 Å². The number of rotatable bonds is 7. The summed E-state index contributed by atoms with van der Waals surface area (Å²) in [5, 5.41) is 3.18. The number of allylic oxidation sites excluding steroid dienone is 2. The standard InChI is InChI=1S/C30H29ClN2O6S2/c1-20-27(30(34)39-17-16-33(2)18-21-10-4-3-5-11-21)28(22-12-6-7-13-23(22)31)29-24(32-20)19-40(35,36)25-14-8-9-15-26(25)41(29,37)38/h3-15,28,32H,16-19H2,1-2H3/p+1. The van der Waals surface area contributed by atoms with Crippen molar-refractivity contribution in [2.24, 2.45) is 0 Å². The van der Waals surface area contributed by atoms with Crippen molar-refractivity contribution in [3.8, 4) is 0 Å². The van der Waals surface area contributed by atoms with Gasteiger partial charge in [0.15, 0.2) is 9.84 Å². The number of carbonyl (C=O) groups is 1. The molecular weight excluding hydrogens is 584 g/mol. The monoisotopic (exact) mass is 613 g/mol. The van der Waals surface area contributed by atoms with Gasteiger partial charge in [-0.2, -0.15) is 0 Å². The lowest BCUT2D eigenvalue weighted by Gasteiger charge is -2.31. The lowest BCUT2D eigenvalue weighted by molar-refractivity contribution is -0.893. The van der Waals surface area contributed by atoms with Gasteiger partial charge in [0.2, 0.25) is 9.84 Å². The third kappa shape index (κ3) is 5.70. The number of halogens is 1. The minimum atomic E-state index is -4.39. The van der Waals surface area contributed by atoms with Crippen LogP contribution in [-0.4, -0.2) is 48.8 Å². The topological polar surface area (TPSA) is 111 Å². The third-order valence-electron chi connectivity index (χ3n) is 7.24. The van der Waals surface area contributed by atoms with Gasteiger partial charge in [0.25, 0.3) is 0 Å². The van der Waals surface area contributed by atoms with E-state index in [0.717, 1.165) is 17.0 Å². The Balaban J connectivity index is 1.52. The molecule has 0 aromatic heterocycles. The molecule has 0 radical (unpaired) electrons. The molecule has 0 aliphatic carbocycles. The van der Waals surface area contributed by atoms with Crippen LogP contribution in [0.1, 0.15) is 24.0 Å². The van der Waals surface area contributed by atoms with E-state index >= 15 is 0 Å². The van der Waals surface area contributed by atoms with Gasteiger partial charge in [-0.1, -0.05) is 72.3 Å². The number of hydrogen-bond acceptors (Lipinski definition) is 7. The molecule has 3 aromatic carbocycles. The molecule has 3 aromatic rings. The normalized spacial score (nSPS) is 19.8. The zero-order valence-electron chi connectivity index (χ0n) is 22.6. The Kier molecular flexibility index (Phi) is 8.11. The smallest absolute Gasteiger partial charge is 0.336 e. The molecule has 214 valence electrons. The number of carbonyl (C=O) groups excluding carboxylic acids is 1.